The third-order valence-electron chi connectivity index (χ3n) is 5.41. The van der Waals surface area contributed by atoms with Gasteiger partial charge in [-0.3, -0.25) is 9.89 Å². The standard InChI is InChI=1S/C24H20N4O/c1-28-21-10-6-5-9-19(21)24(29)26-23(28)20-15-25-27-22(20)18-13-11-17(12-14-18)16-7-3-2-4-8-16/h2-15,23H,1H3,(H,25,27)(H,26,29). The Bertz CT molecular complexity index is 1160. The van der Waals surface area contributed by atoms with Gasteiger partial charge in [0.15, 0.2) is 0 Å². The van der Waals surface area contributed by atoms with Gasteiger partial charge >= 0.3 is 0 Å². The Kier molecular flexibility index (Phi) is 4.13. The zero-order valence-electron chi connectivity index (χ0n) is 16.0. The molecule has 0 spiro atoms. The molecule has 1 atom stereocenters. The highest BCUT2D eigenvalue weighted by atomic mass is 16.2. The van der Waals surface area contributed by atoms with E-state index in [0.29, 0.717) is 5.56 Å². The fourth-order valence-electron chi connectivity index (χ4n) is 3.89. The summed E-state index contributed by atoms with van der Waals surface area (Å²) in [5.74, 6) is -0.0738. The lowest BCUT2D eigenvalue weighted by Crippen LogP contribution is -2.44. The highest BCUT2D eigenvalue weighted by molar-refractivity contribution is 6.02. The number of aromatic nitrogens is 2. The van der Waals surface area contributed by atoms with Gasteiger partial charge in [0.05, 0.1) is 16.9 Å². The smallest absolute Gasteiger partial charge is 0.255 e. The number of benzene rings is 3. The molecule has 5 nitrogen and oxygen atoms in total. The van der Waals surface area contributed by atoms with Crippen LogP contribution in [0.3, 0.4) is 0 Å². The Morgan fingerprint density at radius 3 is 2.28 bits per heavy atom. The van der Waals surface area contributed by atoms with Crippen molar-refractivity contribution in [2.24, 2.45) is 0 Å². The van der Waals surface area contributed by atoms with Gasteiger partial charge in [-0.05, 0) is 23.3 Å². The molecule has 1 aliphatic heterocycles. The number of hydrogen-bond acceptors (Lipinski definition) is 3. The summed E-state index contributed by atoms with van der Waals surface area (Å²) in [5.41, 5.74) is 6.70. The van der Waals surface area contributed by atoms with Crippen molar-refractivity contribution in [1.29, 1.82) is 0 Å². The zero-order valence-corrected chi connectivity index (χ0v) is 16.0. The van der Waals surface area contributed by atoms with Crippen molar-refractivity contribution in [1.82, 2.24) is 15.5 Å². The molecule has 5 rings (SSSR count). The van der Waals surface area contributed by atoms with E-state index < -0.39 is 0 Å². The van der Waals surface area contributed by atoms with E-state index in [2.05, 4.69) is 56.8 Å². The van der Waals surface area contributed by atoms with Gasteiger partial charge in [0, 0.05) is 24.4 Å². The van der Waals surface area contributed by atoms with Crippen molar-refractivity contribution >= 4 is 11.6 Å². The lowest BCUT2D eigenvalue weighted by atomic mass is 9.99. The van der Waals surface area contributed by atoms with Crippen LogP contribution in [0.2, 0.25) is 0 Å². The number of H-pyrrole nitrogens is 1. The largest absolute Gasteiger partial charge is 0.350 e. The van der Waals surface area contributed by atoms with Crippen molar-refractivity contribution in [2.75, 3.05) is 11.9 Å². The van der Waals surface area contributed by atoms with Crippen LogP contribution in [0.1, 0.15) is 22.1 Å². The summed E-state index contributed by atoms with van der Waals surface area (Å²) < 4.78 is 0. The summed E-state index contributed by atoms with van der Waals surface area (Å²) in [7, 11) is 1.98. The van der Waals surface area contributed by atoms with E-state index in [0.717, 1.165) is 28.1 Å². The van der Waals surface area contributed by atoms with Gasteiger partial charge in [-0.15, -0.1) is 0 Å². The van der Waals surface area contributed by atoms with Crippen molar-refractivity contribution < 1.29 is 4.79 Å². The van der Waals surface area contributed by atoms with Gasteiger partial charge in [-0.1, -0.05) is 66.7 Å². The minimum absolute atomic E-state index is 0.0738. The number of fused-ring (bicyclic) bond motifs is 1. The molecule has 0 saturated heterocycles. The van der Waals surface area contributed by atoms with Crippen molar-refractivity contribution in [2.45, 2.75) is 6.17 Å². The summed E-state index contributed by atoms with van der Waals surface area (Å²) in [5, 5.41) is 10.5. The SMILES string of the molecule is CN1c2ccccc2C(=O)NC1c1c[nH]nc1-c1ccc(-c2ccccc2)cc1. The molecule has 5 heteroatoms. The van der Waals surface area contributed by atoms with E-state index in [1.807, 2.05) is 55.7 Å². The Morgan fingerprint density at radius 2 is 1.48 bits per heavy atom. The minimum Gasteiger partial charge on any atom is -0.350 e. The first kappa shape index (κ1) is 17.3. The molecule has 29 heavy (non-hydrogen) atoms. The fourth-order valence-corrected chi connectivity index (χ4v) is 3.89. The number of anilines is 1. The second kappa shape index (κ2) is 6.95. The second-order valence-corrected chi connectivity index (χ2v) is 7.14. The number of carbonyl (C=O) groups excluding carboxylic acids is 1. The van der Waals surface area contributed by atoms with E-state index in [1.165, 1.54) is 5.56 Å². The molecule has 142 valence electrons. The lowest BCUT2D eigenvalue weighted by Gasteiger charge is -2.36. The number of para-hydroxylation sites is 1. The summed E-state index contributed by atoms with van der Waals surface area (Å²) in [4.78, 5) is 14.7. The van der Waals surface area contributed by atoms with Crippen LogP contribution in [0, 0.1) is 0 Å². The number of hydrogen-bond donors (Lipinski definition) is 2. The third kappa shape index (κ3) is 2.97. The molecule has 0 saturated carbocycles. The highest BCUT2D eigenvalue weighted by Gasteiger charge is 2.31. The zero-order chi connectivity index (χ0) is 19.8. The van der Waals surface area contributed by atoms with Crippen LogP contribution in [0.15, 0.2) is 85.1 Å². The quantitative estimate of drug-likeness (QED) is 0.545. The van der Waals surface area contributed by atoms with Gasteiger partial charge in [0.25, 0.3) is 5.91 Å². The first-order valence-electron chi connectivity index (χ1n) is 9.54. The Balaban J connectivity index is 1.50. The van der Waals surface area contributed by atoms with E-state index >= 15 is 0 Å². The van der Waals surface area contributed by atoms with Gasteiger partial charge in [0.1, 0.15) is 6.17 Å². The summed E-state index contributed by atoms with van der Waals surface area (Å²) in [6.45, 7) is 0. The summed E-state index contributed by atoms with van der Waals surface area (Å²) >= 11 is 0. The number of rotatable bonds is 3. The molecule has 3 aromatic carbocycles. The van der Waals surface area contributed by atoms with E-state index in [9.17, 15) is 4.79 Å². The van der Waals surface area contributed by atoms with E-state index in [-0.39, 0.29) is 12.1 Å². The lowest BCUT2D eigenvalue weighted by molar-refractivity contribution is 0.0928. The van der Waals surface area contributed by atoms with E-state index in [4.69, 9.17) is 0 Å². The Morgan fingerprint density at radius 1 is 0.828 bits per heavy atom. The summed E-state index contributed by atoms with van der Waals surface area (Å²) in [6, 6.07) is 26.3. The average molecular weight is 380 g/mol. The van der Waals surface area contributed by atoms with Gasteiger partial charge < -0.3 is 10.2 Å². The molecule has 0 radical (unpaired) electrons. The van der Waals surface area contributed by atoms with Crippen LogP contribution in [0.5, 0.6) is 0 Å². The van der Waals surface area contributed by atoms with Crippen LogP contribution < -0.4 is 10.2 Å². The van der Waals surface area contributed by atoms with Crippen LogP contribution in [-0.2, 0) is 0 Å². The molecule has 2 N–H and O–H groups in total. The third-order valence-corrected chi connectivity index (χ3v) is 5.41. The molecule has 1 aromatic heterocycles. The number of aromatic amines is 1. The van der Waals surface area contributed by atoms with Crippen molar-refractivity contribution in [3.05, 3.63) is 96.2 Å². The van der Waals surface area contributed by atoms with Crippen LogP contribution in [0.4, 0.5) is 5.69 Å². The van der Waals surface area contributed by atoms with Crippen LogP contribution in [-0.4, -0.2) is 23.2 Å². The predicted octanol–water partition coefficient (Wildman–Crippen LogP) is 4.62. The first-order chi connectivity index (χ1) is 14.2. The van der Waals surface area contributed by atoms with Crippen LogP contribution >= 0.6 is 0 Å². The average Bonchev–Trinajstić information content (AvgIpc) is 3.27. The summed E-state index contributed by atoms with van der Waals surface area (Å²) in [6.07, 6.45) is 1.57. The predicted molar refractivity (Wildman–Crippen MR) is 115 cm³/mol. The van der Waals surface area contributed by atoms with E-state index in [1.54, 1.807) is 0 Å². The Hall–Kier alpha value is -3.86. The van der Waals surface area contributed by atoms with Gasteiger partial charge in [0.2, 0.25) is 0 Å². The molecule has 0 fully saturated rings. The molecule has 1 amide bonds. The molecule has 4 aromatic rings. The van der Waals surface area contributed by atoms with Crippen LogP contribution in [0.25, 0.3) is 22.4 Å². The molecule has 0 aliphatic carbocycles. The first-order valence-corrected chi connectivity index (χ1v) is 9.54. The maximum atomic E-state index is 12.6. The Labute approximate surface area is 169 Å². The van der Waals surface area contributed by atoms with Crippen molar-refractivity contribution in [3.8, 4) is 22.4 Å². The maximum absolute atomic E-state index is 12.6. The van der Waals surface area contributed by atoms with Gasteiger partial charge in [-0.2, -0.15) is 5.10 Å². The molecular formula is C24H20N4O. The minimum atomic E-state index is -0.292. The van der Waals surface area contributed by atoms with Crippen molar-refractivity contribution in [3.63, 3.8) is 0 Å². The maximum Gasteiger partial charge on any atom is 0.255 e. The molecule has 0 bridgehead atoms. The molecular weight excluding hydrogens is 360 g/mol. The molecule has 1 unspecified atom stereocenters. The number of carbonyl (C=O) groups is 1. The normalized spacial score (nSPS) is 15.7. The fraction of sp³-hybridized carbons (Fsp3) is 0.0833. The number of nitrogens with one attached hydrogen (secondary N) is 2. The topological polar surface area (TPSA) is 61.0 Å². The number of amides is 1. The monoisotopic (exact) mass is 380 g/mol. The van der Waals surface area contributed by atoms with Gasteiger partial charge in [-0.25, -0.2) is 0 Å². The molecule has 2 heterocycles. The highest BCUT2D eigenvalue weighted by Crippen LogP contribution is 2.35. The number of nitrogens with zero attached hydrogens (tertiary/aromatic N) is 2. The second-order valence-electron chi connectivity index (χ2n) is 7.14. The molecule has 1 aliphatic rings.